The predicted octanol–water partition coefficient (Wildman–Crippen LogP) is 2.58. The molecule has 126 valence electrons. The number of carbonyl (C=O) groups is 1. The van der Waals surface area contributed by atoms with E-state index in [1.54, 1.807) is 25.1 Å². The van der Waals surface area contributed by atoms with Crippen LogP contribution in [0.4, 0.5) is 5.82 Å². The number of benzene rings is 1. The van der Waals surface area contributed by atoms with Crippen LogP contribution in [0.15, 0.2) is 30.3 Å². The molecule has 24 heavy (non-hydrogen) atoms. The Balaban J connectivity index is 2.15. The van der Waals surface area contributed by atoms with Gasteiger partial charge in [0.2, 0.25) is 5.75 Å². The first-order valence-corrected chi connectivity index (χ1v) is 6.96. The van der Waals surface area contributed by atoms with Crippen molar-refractivity contribution in [1.82, 2.24) is 4.98 Å². The summed E-state index contributed by atoms with van der Waals surface area (Å²) in [5.74, 6) is 0.0695. The van der Waals surface area contributed by atoms with Gasteiger partial charge in [0, 0.05) is 12.5 Å². The van der Waals surface area contributed by atoms with E-state index in [1.165, 1.54) is 26.4 Å². The topological polar surface area (TPSA) is 101 Å². The zero-order chi connectivity index (χ0) is 17.7. The Hall–Kier alpha value is -3.16. The monoisotopic (exact) mass is 332 g/mol. The number of aromatic nitrogens is 1. The molecule has 0 N–H and O–H groups in total. The standard InChI is InChI=1S/C16H16N2O6/c1-10-4-6-14(16(17-10)18(20)21)24-9-12(19)11-5-7-13(22-2)15(8-11)23-3/h4-8H,9H2,1-3H3. The molecule has 8 heteroatoms. The molecule has 0 unspecified atom stereocenters. The predicted molar refractivity (Wildman–Crippen MR) is 85.0 cm³/mol. The summed E-state index contributed by atoms with van der Waals surface area (Å²) in [5, 5.41) is 11.0. The number of carbonyl (C=O) groups excluding carboxylic acids is 1. The lowest BCUT2D eigenvalue weighted by atomic mass is 10.1. The molecule has 0 bridgehead atoms. The minimum Gasteiger partial charge on any atom is -0.493 e. The van der Waals surface area contributed by atoms with Crippen LogP contribution in [-0.2, 0) is 0 Å². The third-order valence-corrected chi connectivity index (χ3v) is 3.22. The molecule has 0 aliphatic rings. The highest BCUT2D eigenvalue weighted by Gasteiger charge is 2.19. The van der Waals surface area contributed by atoms with Gasteiger partial charge < -0.3 is 24.3 Å². The van der Waals surface area contributed by atoms with Crippen molar-refractivity contribution in [1.29, 1.82) is 0 Å². The van der Waals surface area contributed by atoms with Crippen molar-refractivity contribution < 1.29 is 23.9 Å². The molecule has 0 saturated heterocycles. The molecule has 1 aromatic heterocycles. The van der Waals surface area contributed by atoms with E-state index < -0.39 is 10.7 Å². The Kier molecular flexibility index (Phi) is 5.31. The summed E-state index contributed by atoms with van der Waals surface area (Å²) in [7, 11) is 2.95. The van der Waals surface area contributed by atoms with Gasteiger partial charge in [0.1, 0.15) is 5.69 Å². The zero-order valence-electron chi connectivity index (χ0n) is 13.4. The van der Waals surface area contributed by atoms with E-state index in [2.05, 4.69) is 4.98 Å². The first-order chi connectivity index (χ1) is 11.5. The first kappa shape index (κ1) is 17.2. The Labute approximate surface area is 138 Å². The number of hydrogen-bond acceptors (Lipinski definition) is 7. The normalized spacial score (nSPS) is 10.1. The van der Waals surface area contributed by atoms with Gasteiger partial charge in [-0.2, -0.15) is 0 Å². The van der Waals surface area contributed by atoms with Crippen LogP contribution in [-0.4, -0.2) is 36.5 Å². The smallest absolute Gasteiger partial charge is 0.406 e. The summed E-state index contributed by atoms with van der Waals surface area (Å²) in [6, 6.07) is 7.68. The Morgan fingerprint density at radius 1 is 1.12 bits per heavy atom. The first-order valence-electron chi connectivity index (χ1n) is 6.96. The summed E-state index contributed by atoms with van der Waals surface area (Å²) in [5.41, 5.74) is 0.829. The van der Waals surface area contributed by atoms with Crippen molar-refractivity contribution >= 4 is 11.6 Å². The van der Waals surface area contributed by atoms with Crippen LogP contribution in [0, 0.1) is 17.0 Å². The van der Waals surface area contributed by atoms with Crippen molar-refractivity contribution in [3.8, 4) is 17.2 Å². The molecular weight excluding hydrogens is 316 g/mol. The van der Waals surface area contributed by atoms with Crippen LogP contribution >= 0.6 is 0 Å². The van der Waals surface area contributed by atoms with Crippen LogP contribution in [0.25, 0.3) is 0 Å². The molecule has 0 fully saturated rings. The van der Waals surface area contributed by atoms with Gasteiger partial charge in [-0.05, 0) is 40.2 Å². The van der Waals surface area contributed by atoms with E-state index >= 15 is 0 Å². The molecule has 1 heterocycles. The van der Waals surface area contributed by atoms with Crippen LogP contribution in [0.3, 0.4) is 0 Å². The largest absolute Gasteiger partial charge is 0.493 e. The molecular formula is C16H16N2O6. The Morgan fingerprint density at radius 2 is 1.79 bits per heavy atom. The molecule has 0 radical (unpaired) electrons. The SMILES string of the molecule is COc1ccc(C(=O)COc2ccc(C)nc2[N+](=O)[O-])cc1OC. The van der Waals surface area contributed by atoms with Gasteiger partial charge >= 0.3 is 5.82 Å². The number of hydrogen-bond donors (Lipinski definition) is 0. The summed E-state index contributed by atoms with van der Waals surface area (Å²) in [4.78, 5) is 26.4. The number of nitrogens with zero attached hydrogens (tertiary/aromatic N) is 2. The molecule has 0 spiro atoms. The second kappa shape index (κ2) is 7.40. The number of rotatable bonds is 7. The van der Waals surface area contributed by atoms with E-state index in [4.69, 9.17) is 14.2 Å². The third-order valence-electron chi connectivity index (χ3n) is 3.22. The van der Waals surface area contributed by atoms with Gasteiger partial charge in [0.05, 0.1) is 14.2 Å². The minimum atomic E-state index is -0.650. The minimum absolute atomic E-state index is 0.0561. The van der Waals surface area contributed by atoms with Crippen molar-refractivity contribution in [2.75, 3.05) is 20.8 Å². The lowest BCUT2D eigenvalue weighted by Gasteiger charge is -2.10. The summed E-state index contributed by atoms with van der Waals surface area (Å²) in [6.45, 7) is 1.27. The number of ether oxygens (including phenoxy) is 3. The molecule has 2 aromatic rings. The van der Waals surface area contributed by atoms with Crippen LogP contribution in [0.5, 0.6) is 17.2 Å². The van der Waals surface area contributed by atoms with Gasteiger partial charge in [-0.1, -0.05) is 0 Å². The molecule has 8 nitrogen and oxygen atoms in total. The third kappa shape index (κ3) is 3.78. The van der Waals surface area contributed by atoms with Gasteiger partial charge in [-0.25, -0.2) is 0 Å². The maximum atomic E-state index is 12.2. The number of ketones is 1. The lowest BCUT2D eigenvalue weighted by Crippen LogP contribution is -2.13. The number of Topliss-reactive ketones (excluding diaryl/α,β-unsaturated/α-hetero) is 1. The van der Waals surface area contributed by atoms with Crippen molar-refractivity contribution in [3.63, 3.8) is 0 Å². The second-order valence-corrected chi connectivity index (χ2v) is 4.81. The molecule has 0 aliphatic carbocycles. The van der Waals surface area contributed by atoms with E-state index in [1.807, 2.05) is 0 Å². The van der Waals surface area contributed by atoms with Gasteiger partial charge in [0.25, 0.3) is 0 Å². The van der Waals surface area contributed by atoms with Gasteiger partial charge in [0.15, 0.2) is 23.9 Å². The van der Waals surface area contributed by atoms with Crippen LogP contribution in [0.2, 0.25) is 0 Å². The highest BCUT2D eigenvalue weighted by atomic mass is 16.6. The fourth-order valence-electron chi connectivity index (χ4n) is 2.01. The Bertz CT molecular complexity index is 775. The molecule has 0 atom stereocenters. The fraction of sp³-hybridized carbons (Fsp3) is 0.250. The van der Waals surface area contributed by atoms with E-state index in [9.17, 15) is 14.9 Å². The maximum Gasteiger partial charge on any atom is 0.406 e. The lowest BCUT2D eigenvalue weighted by molar-refractivity contribution is -0.390. The van der Waals surface area contributed by atoms with Gasteiger partial charge in [-0.3, -0.25) is 4.79 Å². The summed E-state index contributed by atoms with van der Waals surface area (Å²) < 4.78 is 15.5. The highest BCUT2D eigenvalue weighted by molar-refractivity contribution is 5.97. The zero-order valence-corrected chi connectivity index (χ0v) is 13.4. The number of nitro groups is 1. The average Bonchev–Trinajstić information content (AvgIpc) is 2.59. The van der Waals surface area contributed by atoms with Gasteiger partial charge in [-0.15, -0.1) is 0 Å². The van der Waals surface area contributed by atoms with Crippen molar-refractivity contribution in [3.05, 3.63) is 51.7 Å². The van der Waals surface area contributed by atoms with Crippen molar-refractivity contribution in [2.45, 2.75) is 6.92 Å². The second-order valence-electron chi connectivity index (χ2n) is 4.81. The highest BCUT2D eigenvalue weighted by Crippen LogP contribution is 2.28. The quantitative estimate of drug-likeness (QED) is 0.436. The summed E-state index contributed by atoms with van der Waals surface area (Å²) >= 11 is 0. The van der Waals surface area contributed by atoms with Crippen molar-refractivity contribution in [2.24, 2.45) is 0 Å². The summed E-state index contributed by atoms with van der Waals surface area (Å²) in [6.07, 6.45) is 0. The number of aryl methyl sites for hydroxylation is 1. The maximum absolute atomic E-state index is 12.2. The Morgan fingerprint density at radius 3 is 2.42 bits per heavy atom. The van der Waals surface area contributed by atoms with Crippen LogP contribution in [0.1, 0.15) is 16.1 Å². The van der Waals surface area contributed by atoms with E-state index in [0.29, 0.717) is 22.8 Å². The van der Waals surface area contributed by atoms with E-state index in [-0.39, 0.29) is 18.1 Å². The molecule has 1 aromatic carbocycles. The van der Waals surface area contributed by atoms with Crippen LogP contribution < -0.4 is 14.2 Å². The molecule has 2 rings (SSSR count). The number of pyridine rings is 1. The number of methoxy groups -OCH3 is 2. The molecule has 0 amide bonds. The molecule has 0 aliphatic heterocycles. The van der Waals surface area contributed by atoms with E-state index in [0.717, 1.165) is 0 Å². The average molecular weight is 332 g/mol. The molecule has 0 saturated carbocycles. The fourth-order valence-corrected chi connectivity index (χ4v) is 2.01.